The maximum absolute atomic E-state index is 10.4. The largest absolute Gasteiger partial charge is 0.269 e. The number of nitro groups is 1. The molecule has 0 saturated heterocycles. The van der Waals surface area contributed by atoms with Crippen LogP contribution in [0.3, 0.4) is 0 Å². The molecule has 0 radical (unpaired) electrons. The van der Waals surface area contributed by atoms with Gasteiger partial charge < -0.3 is 0 Å². The molecule has 0 spiro atoms. The van der Waals surface area contributed by atoms with Gasteiger partial charge in [0.05, 0.1) is 9.13 Å². The first-order chi connectivity index (χ1) is 7.25. The molecular formula is C10H7NO2S2. The van der Waals surface area contributed by atoms with E-state index >= 15 is 0 Å². The van der Waals surface area contributed by atoms with E-state index in [1.54, 1.807) is 35.2 Å². The second-order valence-corrected chi connectivity index (χ2v) is 5.11. The molecule has 2 aromatic rings. The predicted molar refractivity (Wildman–Crippen MR) is 61.5 cm³/mol. The first-order valence-electron chi connectivity index (χ1n) is 4.21. The summed E-state index contributed by atoms with van der Waals surface area (Å²) in [7, 11) is 0. The molecule has 0 atom stereocenters. The van der Waals surface area contributed by atoms with Crippen molar-refractivity contribution in [3.63, 3.8) is 0 Å². The Labute approximate surface area is 94.9 Å². The lowest BCUT2D eigenvalue weighted by molar-refractivity contribution is -0.384. The van der Waals surface area contributed by atoms with Gasteiger partial charge in [-0.15, -0.1) is 11.3 Å². The van der Waals surface area contributed by atoms with Crippen LogP contribution >= 0.6 is 23.1 Å². The highest BCUT2D eigenvalue weighted by atomic mass is 32.2. The fourth-order valence-corrected chi connectivity index (χ4v) is 2.82. The first-order valence-corrected chi connectivity index (χ1v) is 5.91. The van der Waals surface area contributed by atoms with Crippen LogP contribution in [0.2, 0.25) is 0 Å². The summed E-state index contributed by atoms with van der Waals surface area (Å²) in [6, 6.07) is 10.6. The molecule has 0 aliphatic rings. The van der Waals surface area contributed by atoms with E-state index in [-0.39, 0.29) is 10.6 Å². The van der Waals surface area contributed by atoms with Gasteiger partial charge in [-0.2, -0.15) is 0 Å². The number of thiophene rings is 1. The molecule has 3 nitrogen and oxygen atoms in total. The van der Waals surface area contributed by atoms with Crippen molar-refractivity contribution in [2.75, 3.05) is 0 Å². The van der Waals surface area contributed by atoms with E-state index in [1.165, 1.54) is 16.3 Å². The number of non-ortho nitro benzene ring substituents is 1. The van der Waals surface area contributed by atoms with Gasteiger partial charge in [0, 0.05) is 17.0 Å². The zero-order valence-electron chi connectivity index (χ0n) is 7.62. The van der Waals surface area contributed by atoms with Crippen LogP contribution in [0.15, 0.2) is 50.9 Å². The van der Waals surface area contributed by atoms with Crippen LogP contribution in [0.1, 0.15) is 0 Å². The van der Waals surface area contributed by atoms with Crippen molar-refractivity contribution in [1.29, 1.82) is 0 Å². The number of nitro benzene ring substituents is 1. The molecule has 0 aliphatic carbocycles. The number of nitrogens with zero attached hydrogens (tertiary/aromatic N) is 1. The third kappa shape index (κ3) is 2.57. The summed E-state index contributed by atoms with van der Waals surface area (Å²) in [5, 5.41) is 12.4. The Balaban J connectivity index is 2.14. The molecule has 5 heteroatoms. The Morgan fingerprint density at radius 2 is 1.93 bits per heavy atom. The van der Waals surface area contributed by atoms with Gasteiger partial charge in [-0.1, -0.05) is 17.8 Å². The second-order valence-electron chi connectivity index (χ2n) is 2.79. The first kappa shape index (κ1) is 10.2. The van der Waals surface area contributed by atoms with Crippen molar-refractivity contribution in [3.8, 4) is 0 Å². The fraction of sp³-hybridized carbons (Fsp3) is 0. The van der Waals surface area contributed by atoms with Crippen molar-refractivity contribution in [2.45, 2.75) is 9.10 Å². The van der Waals surface area contributed by atoms with E-state index in [1.807, 2.05) is 17.5 Å². The summed E-state index contributed by atoms with van der Waals surface area (Å²) in [5.41, 5.74) is 0.130. The fourth-order valence-electron chi connectivity index (χ4n) is 1.07. The lowest BCUT2D eigenvalue weighted by atomic mass is 10.3. The van der Waals surface area contributed by atoms with E-state index in [0.717, 1.165) is 4.90 Å². The van der Waals surface area contributed by atoms with Gasteiger partial charge in [-0.3, -0.25) is 10.1 Å². The molecule has 0 fully saturated rings. The zero-order valence-corrected chi connectivity index (χ0v) is 9.25. The molecule has 0 unspecified atom stereocenters. The molecule has 76 valence electrons. The number of hydrogen-bond donors (Lipinski definition) is 0. The quantitative estimate of drug-likeness (QED) is 0.602. The number of rotatable bonds is 3. The van der Waals surface area contributed by atoms with E-state index in [9.17, 15) is 10.1 Å². The molecule has 0 aliphatic heterocycles. The van der Waals surface area contributed by atoms with Gasteiger partial charge in [-0.25, -0.2) is 0 Å². The molecule has 0 amide bonds. The van der Waals surface area contributed by atoms with Crippen LogP contribution in [0, 0.1) is 10.1 Å². The summed E-state index contributed by atoms with van der Waals surface area (Å²) >= 11 is 3.27. The maximum atomic E-state index is 10.4. The molecule has 1 aromatic carbocycles. The minimum atomic E-state index is -0.389. The monoisotopic (exact) mass is 237 g/mol. The van der Waals surface area contributed by atoms with Crippen molar-refractivity contribution in [1.82, 2.24) is 0 Å². The Morgan fingerprint density at radius 1 is 1.20 bits per heavy atom. The molecule has 0 N–H and O–H groups in total. The highest BCUT2D eigenvalue weighted by Gasteiger charge is 2.04. The molecule has 2 rings (SSSR count). The zero-order chi connectivity index (χ0) is 10.7. The topological polar surface area (TPSA) is 43.1 Å². The Bertz CT molecular complexity index is 451. The summed E-state index contributed by atoms with van der Waals surface area (Å²) in [6.07, 6.45) is 0. The molecular weight excluding hydrogens is 230 g/mol. The summed E-state index contributed by atoms with van der Waals surface area (Å²) in [5.74, 6) is 0. The average Bonchev–Trinajstić information content (AvgIpc) is 2.71. The van der Waals surface area contributed by atoms with Crippen LogP contribution in [0.25, 0.3) is 0 Å². The lowest BCUT2D eigenvalue weighted by Gasteiger charge is -1.97. The highest BCUT2D eigenvalue weighted by Crippen LogP contribution is 2.31. The van der Waals surface area contributed by atoms with Gasteiger partial charge in [0.15, 0.2) is 0 Å². The molecule has 0 saturated carbocycles. The maximum Gasteiger partial charge on any atom is 0.269 e. The van der Waals surface area contributed by atoms with Gasteiger partial charge in [0.25, 0.3) is 5.69 Å². The van der Waals surface area contributed by atoms with Crippen molar-refractivity contribution < 1.29 is 4.92 Å². The third-order valence-electron chi connectivity index (χ3n) is 1.76. The van der Waals surface area contributed by atoms with Gasteiger partial charge in [0.2, 0.25) is 0 Å². The van der Waals surface area contributed by atoms with Crippen LogP contribution in [-0.4, -0.2) is 4.92 Å². The molecule has 1 aromatic heterocycles. The van der Waals surface area contributed by atoms with Crippen molar-refractivity contribution >= 4 is 28.8 Å². The minimum Gasteiger partial charge on any atom is -0.258 e. The average molecular weight is 237 g/mol. The molecule has 0 bridgehead atoms. The number of benzene rings is 1. The minimum absolute atomic E-state index is 0.130. The highest BCUT2D eigenvalue weighted by molar-refractivity contribution is 8.01. The molecule has 1 heterocycles. The smallest absolute Gasteiger partial charge is 0.258 e. The van der Waals surface area contributed by atoms with Gasteiger partial charge >= 0.3 is 0 Å². The van der Waals surface area contributed by atoms with Crippen LogP contribution in [0.5, 0.6) is 0 Å². The Morgan fingerprint density at radius 3 is 2.47 bits per heavy atom. The van der Waals surface area contributed by atoms with Crippen LogP contribution in [0.4, 0.5) is 5.69 Å². The van der Waals surface area contributed by atoms with Crippen molar-refractivity contribution in [3.05, 3.63) is 51.9 Å². The second kappa shape index (κ2) is 4.46. The summed E-state index contributed by atoms with van der Waals surface area (Å²) < 4.78 is 1.18. The van der Waals surface area contributed by atoms with E-state index in [0.29, 0.717) is 0 Å². The van der Waals surface area contributed by atoms with Gasteiger partial charge in [0.1, 0.15) is 0 Å². The molecule has 15 heavy (non-hydrogen) atoms. The Hall–Kier alpha value is -1.33. The van der Waals surface area contributed by atoms with Crippen molar-refractivity contribution in [2.24, 2.45) is 0 Å². The standard InChI is InChI=1S/C10H7NO2S2/c12-11(13)8-3-5-9(6-4-8)15-10-2-1-7-14-10/h1-7H. The van der Waals surface area contributed by atoms with Gasteiger partial charge in [-0.05, 0) is 23.6 Å². The number of hydrogen-bond acceptors (Lipinski definition) is 4. The van der Waals surface area contributed by atoms with E-state index < -0.39 is 0 Å². The van der Waals surface area contributed by atoms with E-state index in [4.69, 9.17) is 0 Å². The van der Waals surface area contributed by atoms with E-state index in [2.05, 4.69) is 0 Å². The van der Waals surface area contributed by atoms with Crippen LogP contribution < -0.4 is 0 Å². The SMILES string of the molecule is O=[N+]([O-])c1ccc(Sc2cccs2)cc1. The Kier molecular flexibility index (Phi) is 3.03. The third-order valence-corrected chi connectivity index (χ3v) is 3.81. The predicted octanol–water partition coefficient (Wildman–Crippen LogP) is 3.81. The summed E-state index contributed by atoms with van der Waals surface area (Å²) in [6.45, 7) is 0. The van der Waals surface area contributed by atoms with Crippen LogP contribution in [-0.2, 0) is 0 Å². The summed E-state index contributed by atoms with van der Waals surface area (Å²) in [4.78, 5) is 11.1. The normalized spacial score (nSPS) is 10.1. The lowest BCUT2D eigenvalue weighted by Crippen LogP contribution is -1.86.